The van der Waals surface area contributed by atoms with Crippen molar-refractivity contribution in [1.29, 1.82) is 0 Å². The lowest BCUT2D eigenvalue weighted by atomic mass is 9.80. The van der Waals surface area contributed by atoms with E-state index in [1.807, 2.05) is 0 Å². The summed E-state index contributed by atoms with van der Waals surface area (Å²) in [6.07, 6.45) is 0. The highest BCUT2D eigenvalue weighted by Crippen LogP contribution is 2.37. The molecule has 4 aromatic carbocycles. The Morgan fingerprint density at radius 3 is 1.91 bits per heavy atom. The first-order chi connectivity index (χ1) is 11.0. The zero-order valence-corrected chi connectivity index (χ0v) is 14.3. The summed E-state index contributed by atoms with van der Waals surface area (Å²) in [5.41, 5.74) is 2.99. The Bertz CT molecular complexity index is 1050. The smallest absolute Gasteiger partial charge is 0.00989 e. The number of hydrogen-bond donors (Lipinski definition) is 0. The topological polar surface area (TPSA) is 0 Å². The van der Waals surface area contributed by atoms with Crippen LogP contribution in [0.15, 0.2) is 60.7 Å². The second-order valence-electron chi connectivity index (χ2n) is 7.55. The van der Waals surface area contributed by atoms with Gasteiger partial charge in [-0.1, -0.05) is 81.4 Å². The molecule has 0 aromatic heterocycles. The SMILES string of the molecule is Cc1ccc2c(ccc3c4ccccc4ccc23)c1C(C)(C)C. The predicted octanol–water partition coefficient (Wildman–Crippen LogP) is 6.75. The van der Waals surface area contributed by atoms with Crippen molar-refractivity contribution in [3.8, 4) is 0 Å². The summed E-state index contributed by atoms with van der Waals surface area (Å²) in [5.74, 6) is 0. The Morgan fingerprint density at radius 2 is 1.13 bits per heavy atom. The lowest BCUT2D eigenvalue weighted by Gasteiger charge is -2.24. The first kappa shape index (κ1) is 14.3. The molecule has 4 aromatic rings. The summed E-state index contributed by atoms with van der Waals surface area (Å²) >= 11 is 0. The Hall–Kier alpha value is -2.34. The van der Waals surface area contributed by atoms with E-state index < -0.39 is 0 Å². The molecule has 4 rings (SSSR count). The van der Waals surface area contributed by atoms with Gasteiger partial charge in [-0.2, -0.15) is 0 Å². The summed E-state index contributed by atoms with van der Waals surface area (Å²) in [6, 6.07) is 22.4. The van der Waals surface area contributed by atoms with E-state index in [1.54, 1.807) is 0 Å². The third-order valence-electron chi connectivity index (χ3n) is 4.88. The van der Waals surface area contributed by atoms with Crippen molar-refractivity contribution in [2.24, 2.45) is 0 Å². The van der Waals surface area contributed by atoms with Gasteiger partial charge in [0.2, 0.25) is 0 Å². The molecule has 114 valence electrons. The van der Waals surface area contributed by atoms with Crippen molar-refractivity contribution in [2.45, 2.75) is 33.1 Å². The second-order valence-corrected chi connectivity index (χ2v) is 7.55. The van der Waals surface area contributed by atoms with Crippen LogP contribution in [-0.4, -0.2) is 0 Å². The lowest BCUT2D eigenvalue weighted by Crippen LogP contribution is -2.13. The molecule has 0 fully saturated rings. The molecule has 0 saturated carbocycles. The van der Waals surface area contributed by atoms with E-state index in [0.29, 0.717) is 0 Å². The van der Waals surface area contributed by atoms with E-state index in [4.69, 9.17) is 0 Å². The maximum atomic E-state index is 2.32. The number of hydrogen-bond acceptors (Lipinski definition) is 0. The number of aryl methyl sites for hydroxylation is 1. The third kappa shape index (κ3) is 2.13. The highest BCUT2D eigenvalue weighted by Gasteiger charge is 2.20. The second kappa shape index (κ2) is 4.83. The molecule has 0 spiro atoms. The van der Waals surface area contributed by atoms with Gasteiger partial charge in [0, 0.05) is 0 Å². The fourth-order valence-corrected chi connectivity index (χ4v) is 4.01. The van der Waals surface area contributed by atoms with Crippen molar-refractivity contribution in [3.63, 3.8) is 0 Å². The van der Waals surface area contributed by atoms with Gasteiger partial charge >= 0.3 is 0 Å². The first-order valence-electron chi connectivity index (χ1n) is 8.31. The van der Waals surface area contributed by atoms with Crippen molar-refractivity contribution < 1.29 is 0 Å². The van der Waals surface area contributed by atoms with E-state index in [0.717, 1.165) is 0 Å². The van der Waals surface area contributed by atoms with Gasteiger partial charge in [0.05, 0.1) is 0 Å². The molecule has 0 heterocycles. The van der Waals surface area contributed by atoms with Crippen LogP contribution in [0, 0.1) is 6.92 Å². The van der Waals surface area contributed by atoms with Gasteiger partial charge < -0.3 is 0 Å². The van der Waals surface area contributed by atoms with Gasteiger partial charge in [0.25, 0.3) is 0 Å². The minimum atomic E-state index is 0.147. The highest BCUT2D eigenvalue weighted by molar-refractivity contribution is 6.17. The average molecular weight is 298 g/mol. The molecule has 0 aliphatic heterocycles. The Kier molecular flexibility index (Phi) is 2.99. The van der Waals surface area contributed by atoms with Crippen LogP contribution in [0.4, 0.5) is 0 Å². The molecule has 0 amide bonds. The summed E-state index contributed by atoms with van der Waals surface area (Å²) in [4.78, 5) is 0. The molecule has 0 nitrogen and oxygen atoms in total. The minimum Gasteiger partial charge on any atom is -0.0616 e. The molecule has 0 N–H and O–H groups in total. The first-order valence-corrected chi connectivity index (χ1v) is 8.31. The molecule has 0 saturated heterocycles. The zero-order chi connectivity index (χ0) is 16.2. The van der Waals surface area contributed by atoms with Crippen molar-refractivity contribution in [2.75, 3.05) is 0 Å². The predicted molar refractivity (Wildman–Crippen MR) is 102 cm³/mol. The Balaban J connectivity index is 2.21. The van der Waals surface area contributed by atoms with Gasteiger partial charge in [-0.25, -0.2) is 0 Å². The average Bonchev–Trinajstić information content (AvgIpc) is 2.52. The van der Waals surface area contributed by atoms with Crippen LogP contribution in [0.5, 0.6) is 0 Å². The molecule has 23 heavy (non-hydrogen) atoms. The van der Waals surface area contributed by atoms with Crippen molar-refractivity contribution >= 4 is 32.3 Å². The molecule has 0 radical (unpaired) electrons. The van der Waals surface area contributed by atoms with Crippen LogP contribution in [-0.2, 0) is 5.41 Å². The van der Waals surface area contributed by atoms with Crippen LogP contribution in [0.3, 0.4) is 0 Å². The maximum Gasteiger partial charge on any atom is -0.00989 e. The number of fused-ring (bicyclic) bond motifs is 5. The van der Waals surface area contributed by atoms with E-state index >= 15 is 0 Å². The van der Waals surface area contributed by atoms with Crippen LogP contribution in [0.25, 0.3) is 32.3 Å². The van der Waals surface area contributed by atoms with Gasteiger partial charge in [-0.15, -0.1) is 0 Å². The van der Waals surface area contributed by atoms with E-state index in [1.165, 1.54) is 43.4 Å². The van der Waals surface area contributed by atoms with Crippen molar-refractivity contribution in [3.05, 3.63) is 71.8 Å². The van der Waals surface area contributed by atoms with Gasteiger partial charge in [0.15, 0.2) is 0 Å². The zero-order valence-electron chi connectivity index (χ0n) is 14.3. The molecule has 0 bridgehead atoms. The van der Waals surface area contributed by atoms with Crippen molar-refractivity contribution in [1.82, 2.24) is 0 Å². The molecule has 0 atom stereocenters. The third-order valence-corrected chi connectivity index (χ3v) is 4.88. The van der Waals surface area contributed by atoms with E-state index in [9.17, 15) is 0 Å². The van der Waals surface area contributed by atoms with Crippen LogP contribution in [0.1, 0.15) is 31.9 Å². The molecule has 0 aliphatic rings. The number of benzene rings is 4. The van der Waals surface area contributed by atoms with Gasteiger partial charge in [-0.05, 0) is 55.8 Å². The Labute approximate surface area is 137 Å². The van der Waals surface area contributed by atoms with Crippen LogP contribution in [0.2, 0.25) is 0 Å². The molecule has 0 aliphatic carbocycles. The molecular formula is C23H22. The normalized spacial score (nSPS) is 12.3. The Morgan fingerprint density at radius 1 is 0.565 bits per heavy atom. The lowest BCUT2D eigenvalue weighted by molar-refractivity contribution is 0.592. The summed E-state index contributed by atoms with van der Waals surface area (Å²) in [7, 11) is 0. The fourth-order valence-electron chi connectivity index (χ4n) is 4.01. The van der Waals surface area contributed by atoms with E-state index in [2.05, 4.69) is 88.4 Å². The molecule has 0 unspecified atom stereocenters. The monoisotopic (exact) mass is 298 g/mol. The van der Waals surface area contributed by atoms with Crippen LogP contribution < -0.4 is 0 Å². The standard InChI is InChI=1S/C23H22/c1-15-9-11-20-19-12-10-16-7-5-6-8-17(16)18(19)13-14-21(20)22(15)23(2,3)4/h5-14H,1-4H3. The van der Waals surface area contributed by atoms with E-state index in [-0.39, 0.29) is 5.41 Å². The fraction of sp³-hybridized carbons (Fsp3) is 0.217. The van der Waals surface area contributed by atoms with Gasteiger partial charge in [-0.3, -0.25) is 0 Å². The highest BCUT2D eigenvalue weighted by atomic mass is 14.2. The summed E-state index contributed by atoms with van der Waals surface area (Å²) in [5, 5.41) is 8.10. The molecular weight excluding hydrogens is 276 g/mol. The van der Waals surface area contributed by atoms with Crippen LogP contribution >= 0.6 is 0 Å². The number of rotatable bonds is 0. The minimum absolute atomic E-state index is 0.147. The van der Waals surface area contributed by atoms with Gasteiger partial charge in [0.1, 0.15) is 0 Å². The summed E-state index contributed by atoms with van der Waals surface area (Å²) in [6.45, 7) is 9.14. The largest absolute Gasteiger partial charge is 0.0616 e. The summed E-state index contributed by atoms with van der Waals surface area (Å²) < 4.78 is 0. The quantitative estimate of drug-likeness (QED) is 0.315. The molecule has 0 heteroatoms. The maximum absolute atomic E-state index is 2.32.